The number of hydrogen-bond donors (Lipinski definition) is 0. The van der Waals surface area contributed by atoms with Crippen LogP contribution in [-0.2, 0) is 17.6 Å². The Morgan fingerprint density at radius 1 is 1.11 bits per heavy atom. The van der Waals surface area contributed by atoms with Crippen LogP contribution in [0.15, 0.2) is 54.6 Å². The molecule has 1 fully saturated rings. The molecule has 1 aliphatic heterocycles. The first-order valence-corrected chi connectivity index (χ1v) is 13.3. The van der Waals surface area contributed by atoms with Crippen LogP contribution in [0.25, 0.3) is 0 Å². The third-order valence-electron chi connectivity index (χ3n) is 6.72. The Labute approximate surface area is 213 Å². The Morgan fingerprint density at radius 2 is 1.86 bits per heavy atom. The van der Waals surface area contributed by atoms with Gasteiger partial charge in [0.1, 0.15) is 11.6 Å². The van der Waals surface area contributed by atoms with Crippen molar-refractivity contribution in [3.63, 3.8) is 0 Å². The number of likely N-dealkylation sites (tertiary alicyclic amines) is 1. The Balaban J connectivity index is 1.28. The molecule has 1 aromatic heterocycles. The second-order valence-electron chi connectivity index (χ2n) is 9.57. The van der Waals surface area contributed by atoms with E-state index in [0.29, 0.717) is 25.3 Å². The predicted octanol–water partition coefficient (Wildman–Crippen LogP) is 5.22. The van der Waals surface area contributed by atoms with Gasteiger partial charge in [0.2, 0.25) is 11.0 Å². The zero-order valence-electron chi connectivity index (χ0n) is 21.0. The van der Waals surface area contributed by atoms with Crippen LogP contribution in [0, 0.1) is 5.92 Å². The molecule has 0 atom stereocenters. The number of aromatic nitrogens is 2. The van der Waals surface area contributed by atoms with Gasteiger partial charge in [0.25, 0.3) is 0 Å². The van der Waals surface area contributed by atoms with Gasteiger partial charge < -0.3 is 14.5 Å². The number of piperidine rings is 1. The molecule has 0 bridgehead atoms. The Hall–Kier alpha value is -2.93. The maximum atomic E-state index is 13.0. The van der Waals surface area contributed by atoms with E-state index in [-0.39, 0.29) is 11.9 Å². The molecule has 0 saturated carbocycles. The lowest BCUT2D eigenvalue weighted by atomic mass is 9.90. The molecule has 7 heteroatoms. The highest BCUT2D eigenvalue weighted by atomic mass is 32.1. The lowest BCUT2D eigenvalue weighted by Gasteiger charge is -2.33. The van der Waals surface area contributed by atoms with Crippen LogP contribution in [0.3, 0.4) is 0 Å². The minimum Gasteiger partial charge on any atom is -0.497 e. The van der Waals surface area contributed by atoms with E-state index in [1.807, 2.05) is 23.1 Å². The minimum atomic E-state index is 0.245. The van der Waals surface area contributed by atoms with Crippen molar-refractivity contribution in [1.82, 2.24) is 14.3 Å². The van der Waals surface area contributed by atoms with Gasteiger partial charge in [-0.1, -0.05) is 42.5 Å². The minimum absolute atomic E-state index is 0.245. The molecule has 0 N–H and O–H groups in total. The number of rotatable bonds is 10. The van der Waals surface area contributed by atoms with Gasteiger partial charge in [-0.25, -0.2) is 4.98 Å². The van der Waals surface area contributed by atoms with Crippen LogP contribution >= 0.6 is 11.5 Å². The molecule has 3 aromatic rings. The SMILES string of the molecule is COc1cccc(Cc2nsc(N(CCC(=O)N3CCC(Cc4ccccc4)CC3)C(C)C)n2)c1. The van der Waals surface area contributed by atoms with E-state index in [9.17, 15) is 4.79 Å². The van der Waals surface area contributed by atoms with Gasteiger partial charge in [-0.3, -0.25) is 4.79 Å². The lowest BCUT2D eigenvalue weighted by Crippen LogP contribution is -2.41. The number of hydrogen-bond acceptors (Lipinski definition) is 6. The number of anilines is 1. The highest BCUT2D eigenvalue weighted by molar-refractivity contribution is 7.09. The zero-order chi connectivity index (χ0) is 24.6. The van der Waals surface area contributed by atoms with E-state index < -0.39 is 0 Å². The molecule has 6 nitrogen and oxygen atoms in total. The van der Waals surface area contributed by atoms with E-state index in [1.165, 1.54) is 17.1 Å². The fourth-order valence-electron chi connectivity index (χ4n) is 4.68. The average Bonchev–Trinajstić information content (AvgIpc) is 3.33. The van der Waals surface area contributed by atoms with Crippen LogP contribution in [-0.4, -0.2) is 53.0 Å². The summed E-state index contributed by atoms with van der Waals surface area (Å²) in [6.07, 6.45) is 4.44. The van der Waals surface area contributed by atoms with E-state index >= 15 is 0 Å². The Kier molecular flexibility index (Phi) is 8.74. The summed E-state index contributed by atoms with van der Waals surface area (Å²) in [5.74, 6) is 2.55. The number of benzene rings is 2. The fourth-order valence-corrected chi connectivity index (χ4v) is 5.53. The van der Waals surface area contributed by atoms with Crippen LogP contribution in [0.5, 0.6) is 5.75 Å². The van der Waals surface area contributed by atoms with Crippen molar-refractivity contribution in [2.24, 2.45) is 5.92 Å². The molecule has 1 amide bonds. The van der Waals surface area contributed by atoms with Crippen molar-refractivity contribution in [2.75, 3.05) is 31.6 Å². The monoisotopic (exact) mass is 492 g/mol. The lowest BCUT2D eigenvalue weighted by molar-refractivity contribution is -0.132. The maximum Gasteiger partial charge on any atom is 0.224 e. The summed E-state index contributed by atoms with van der Waals surface area (Å²) in [6, 6.07) is 18.9. The number of amides is 1. The summed E-state index contributed by atoms with van der Waals surface area (Å²) in [7, 11) is 1.67. The van der Waals surface area contributed by atoms with Gasteiger partial charge in [-0.2, -0.15) is 4.37 Å². The molecular weight excluding hydrogens is 456 g/mol. The van der Waals surface area contributed by atoms with Crippen molar-refractivity contribution in [3.8, 4) is 5.75 Å². The molecule has 0 radical (unpaired) electrons. The highest BCUT2D eigenvalue weighted by Gasteiger charge is 2.24. The standard InChI is InChI=1S/C28H36N4O2S/c1-21(2)32(28-29-26(30-35-28)20-24-10-7-11-25(19-24)34-3)17-14-27(33)31-15-12-23(13-16-31)18-22-8-5-4-6-9-22/h4-11,19,21,23H,12-18,20H2,1-3H3. The quantitative estimate of drug-likeness (QED) is 0.388. The molecule has 186 valence electrons. The van der Waals surface area contributed by atoms with Crippen molar-refractivity contribution in [1.29, 1.82) is 0 Å². The zero-order valence-corrected chi connectivity index (χ0v) is 21.8. The maximum absolute atomic E-state index is 13.0. The highest BCUT2D eigenvalue weighted by Crippen LogP contribution is 2.24. The third-order valence-corrected chi connectivity index (χ3v) is 7.51. The summed E-state index contributed by atoms with van der Waals surface area (Å²) >= 11 is 1.41. The average molecular weight is 493 g/mol. The molecule has 2 heterocycles. The Morgan fingerprint density at radius 3 is 2.57 bits per heavy atom. The largest absolute Gasteiger partial charge is 0.497 e. The number of methoxy groups -OCH3 is 1. The molecule has 1 aliphatic rings. The summed E-state index contributed by atoms with van der Waals surface area (Å²) in [5.41, 5.74) is 2.52. The summed E-state index contributed by atoms with van der Waals surface area (Å²) in [4.78, 5) is 22.0. The summed E-state index contributed by atoms with van der Waals surface area (Å²) < 4.78 is 9.90. The molecule has 0 aliphatic carbocycles. The number of carbonyl (C=O) groups is 1. The van der Waals surface area contributed by atoms with Crippen LogP contribution in [0.4, 0.5) is 5.13 Å². The second-order valence-corrected chi connectivity index (χ2v) is 10.3. The normalized spacial score (nSPS) is 14.3. The first kappa shape index (κ1) is 25.2. The molecule has 0 spiro atoms. The Bertz CT molecular complexity index is 1080. The van der Waals surface area contributed by atoms with Gasteiger partial charge in [-0.15, -0.1) is 0 Å². The third kappa shape index (κ3) is 7.04. The van der Waals surface area contributed by atoms with Gasteiger partial charge in [0.15, 0.2) is 0 Å². The first-order valence-electron chi connectivity index (χ1n) is 12.6. The van der Waals surface area contributed by atoms with Crippen LogP contribution < -0.4 is 9.64 Å². The fraction of sp³-hybridized carbons (Fsp3) is 0.464. The smallest absolute Gasteiger partial charge is 0.224 e. The van der Waals surface area contributed by atoms with Gasteiger partial charge in [0.05, 0.1) is 7.11 Å². The second kappa shape index (κ2) is 12.2. The van der Waals surface area contributed by atoms with Gasteiger partial charge in [-0.05, 0) is 62.3 Å². The summed E-state index contributed by atoms with van der Waals surface area (Å²) in [6.45, 7) is 6.67. The molecular formula is C28H36N4O2S. The van der Waals surface area contributed by atoms with E-state index in [0.717, 1.165) is 54.6 Å². The van der Waals surface area contributed by atoms with E-state index in [4.69, 9.17) is 9.72 Å². The van der Waals surface area contributed by atoms with Crippen molar-refractivity contribution in [2.45, 2.75) is 52.0 Å². The summed E-state index contributed by atoms with van der Waals surface area (Å²) in [5, 5.41) is 0.882. The number of nitrogens with zero attached hydrogens (tertiary/aromatic N) is 4. The van der Waals surface area contributed by atoms with Gasteiger partial charge >= 0.3 is 0 Å². The van der Waals surface area contributed by atoms with Crippen molar-refractivity contribution < 1.29 is 9.53 Å². The molecule has 35 heavy (non-hydrogen) atoms. The first-order chi connectivity index (χ1) is 17.0. The van der Waals surface area contributed by atoms with Crippen LogP contribution in [0.2, 0.25) is 0 Å². The van der Waals surface area contributed by atoms with Crippen LogP contribution in [0.1, 0.15) is 50.1 Å². The number of carbonyl (C=O) groups excluding carboxylic acids is 1. The van der Waals surface area contributed by atoms with E-state index in [2.05, 4.69) is 59.5 Å². The van der Waals surface area contributed by atoms with Crippen molar-refractivity contribution >= 4 is 22.6 Å². The topological polar surface area (TPSA) is 58.6 Å². The van der Waals surface area contributed by atoms with E-state index in [1.54, 1.807) is 7.11 Å². The molecule has 4 rings (SSSR count). The predicted molar refractivity (Wildman–Crippen MR) is 142 cm³/mol. The molecule has 2 aromatic carbocycles. The number of ether oxygens (including phenoxy) is 1. The molecule has 1 saturated heterocycles. The van der Waals surface area contributed by atoms with Gasteiger partial charge in [0, 0.05) is 50.1 Å². The van der Waals surface area contributed by atoms with Crippen molar-refractivity contribution in [3.05, 3.63) is 71.5 Å². The molecule has 0 unspecified atom stereocenters.